The molecule has 0 aromatic carbocycles. The monoisotopic (exact) mass is 241 g/mol. The molecule has 0 radical (unpaired) electrons. The van der Waals surface area contributed by atoms with Crippen LogP contribution >= 0.6 is 0 Å². The molecule has 0 aliphatic rings. The van der Waals surface area contributed by atoms with E-state index in [0.717, 1.165) is 5.56 Å². The molecule has 0 aliphatic carbocycles. The SMILES string of the molecule is [N-]=[N+]=Nc1nc(/N=C\c2ccncc2)cc(=O)[nH]1. The smallest absolute Gasteiger partial charge is 0.253 e. The van der Waals surface area contributed by atoms with Gasteiger partial charge >= 0.3 is 0 Å². The molecule has 1 N–H and O–H groups in total. The van der Waals surface area contributed by atoms with E-state index in [9.17, 15) is 4.79 Å². The molecule has 18 heavy (non-hydrogen) atoms. The number of nitrogens with one attached hydrogen (secondary N) is 1. The quantitative estimate of drug-likeness (QED) is 0.382. The molecule has 0 saturated carbocycles. The van der Waals surface area contributed by atoms with E-state index in [-0.39, 0.29) is 11.8 Å². The zero-order valence-corrected chi connectivity index (χ0v) is 9.06. The van der Waals surface area contributed by atoms with Gasteiger partial charge in [-0.2, -0.15) is 0 Å². The molecule has 0 fully saturated rings. The first-order valence-electron chi connectivity index (χ1n) is 4.88. The van der Waals surface area contributed by atoms with Crippen LogP contribution in [0.1, 0.15) is 5.56 Å². The molecule has 0 atom stereocenters. The van der Waals surface area contributed by atoms with Gasteiger partial charge in [-0.25, -0.2) is 9.98 Å². The summed E-state index contributed by atoms with van der Waals surface area (Å²) < 4.78 is 0. The fourth-order valence-electron chi connectivity index (χ4n) is 1.18. The van der Waals surface area contributed by atoms with Gasteiger partial charge in [-0.3, -0.25) is 9.78 Å². The average Bonchev–Trinajstić information content (AvgIpc) is 2.37. The highest BCUT2D eigenvalue weighted by Crippen LogP contribution is 2.09. The second kappa shape index (κ2) is 5.37. The first kappa shape index (κ1) is 11.5. The molecule has 8 nitrogen and oxygen atoms in total. The van der Waals surface area contributed by atoms with Gasteiger partial charge < -0.3 is 4.98 Å². The van der Waals surface area contributed by atoms with E-state index in [0.29, 0.717) is 0 Å². The van der Waals surface area contributed by atoms with Crippen LogP contribution in [0, 0.1) is 0 Å². The van der Waals surface area contributed by atoms with Gasteiger partial charge in [-0.05, 0) is 28.3 Å². The Labute approximate surface area is 101 Å². The Kier molecular flexibility index (Phi) is 3.43. The number of aromatic nitrogens is 3. The minimum Gasteiger partial charge on any atom is -0.305 e. The van der Waals surface area contributed by atoms with Crippen LogP contribution in [-0.4, -0.2) is 21.2 Å². The number of hydrogen-bond acceptors (Lipinski definition) is 5. The summed E-state index contributed by atoms with van der Waals surface area (Å²) in [4.78, 5) is 27.8. The Balaban J connectivity index is 2.32. The lowest BCUT2D eigenvalue weighted by Gasteiger charge is -1.94. The number of aliphatic imine (C=N–C) groups is 1. The van der Waals surface area contributed by atoms with Crippen molar-refractivity contribution in [2.75, 3.05) is 0 Å². The number of azide groups is 1. The van der Waals surface area contributed by atoms with Gasteiger partial charge in [0, 0.05) is 29.6 Å². The van der Waals surface area contributed by atoms with Crippen molar-refractivity contribution in [2.24, 2.45) is 10.1 Å². The maximum absolute atomic E-state index is 11.2. The summed E-state index contributed by atoms with van der Waals surface area (Å²) in [5.41, 5.74) is 8.64. The molecule has 88 valence electrons. The topological polar surface area (TPSA) is 120 Å². The summed E-state index contributed by atoms with van der Waals surface area (Å²) in [5.74, 6) is 0.0461. The predicted octanol–water partition coefficient (Wildman–Crippen LogP) is 1.86. The normalized spacial score (nSPS) is 10.2. The molecule has 0 aliphatic heterocycles. The number of nitrogens with zero attached hydrogens (tertiary/aromatic N) is 6. The number of pyridine rings is 1. The van der Waals surface area contributed by atoms with E-state index in [2.05, 4.69) is 30.0 Å². The van der Waals surface area contributed by atoms with Crippen molar-refractivity contribution in [3.05, 3.63) is 57.0 Å². The maximum atomic E-state index is 11.2. The van der Waals surface area contributed by atoms with E-state index < -0.39 is 5.56 Å². The number of H-pyrrole nitrogens is 1. The largest absolute Gasteiger partial charge is 0.305 e. The molecule has 2 aromatic heterocycles. The first-order valence-corrected chi connectivity index (χ1v) is 4.88. The third-order valence-electron chi connectivity index (χ3n) is 1.91. The molecule has 2 heterocycles. The fraction of sp³-hybridized carbons (Fsp3) is 0. The molecule has 0 bridgehead atoms. The van der Waals surface area contributed by atoms with Crippen molar-refractivity contribution in [2.45, 2.75) is 0 Å². The Morgan fingerprint density at radius 2 is 2.17 bits per heavy atom. The van der Waals surface area contributed by atoms with Crippen LogP contribution in [-0.2, 0) is 0 Å². The molecule has 0 unspecified atom stereocenters. The lowest BCUT2D eigenvalue weighted by molar-refractivity contribution is 1.08. The van der Waals surface area contributed by atoms with E-state index in [1.54, 1.807) is 24.5 Å². The van der Waals surface area contributed by atoms with Gasteiger partial charge in [-0.15, -0.1) is 0 Å². The number of hydrogen-bond donors (Lipinski definition) is 1. The van der Waals surface area contributed by atoms with E-state index in [4.69, 9.17) is 5.53 Å². The van der Waals surface area contributed by atoms with Gasteiger partial charge in [0.05, 0.1) is 0 Å². The molecule has 8 heteroatoms. The molecule has 0 spiro atoms. The molecule has 2 aromatic rings. The zero-order chi connectivity index (χ0) is 12.8. The van der Waals surface area contributed by atoms with E-state index >= 15 is 0 Å². The Morgan fingerprint density at radius 3 is 2.89 bits per heavy atom. The van der Waals surface area contributed by atoms with Crippen LogP contribution in [0.3, 0.4) is 0 Å². The summed E-state index contributed by atoms with van der Waals surface area (Å²) >= 11 is 0. The van der Waals surface area contributed by atoms with Gasteiger partial charge in [0.25, 0.3) is 5.56 Å². The standard InChI is InChI=1S/C10H7N7O/c11-17-16-10-14-8(5-9(18)15-10)13-6-7-1-3-12-4-2-7/h1-6H,(H,14,15,18)/b13-6-. The summed E-state index contributed by atoms with van der Waals surface area (Å²) in [7, 11) is 0. The molecular formula is C10H7N7O. The Bertz CT molecular complexity index is 670. The summed E-state index contributed by atoms with van der Waals surface area (Å²) in [5, 5.41) is 3.21. The zero-order valence-electron chi connectivity index (χ0n) is 9.06. The van der Waals surface area contributed by atoms with Crippen LogP contribution in [0.2, 0.25) is 0 Å². The third-order valence-corrected chi connectivity index (χ3v) is 1.91. The maximum Gasteiger partial charge on any atom is 0.253 e. The second-order valence-corrected chi connectivity index (χ2v) is 3.16. The molecule has 0 amide bonds. The van der Waals surface area contributed by atoms with Crippen LogP contribution in [0.5, 0.6) is 0 Å². The van der Waals surface area contributed by atoms with E-state index in [1.165, 1.54) is 12.3 Å². The number of rotatable bonds is 3. The average molecular weight is 241 g/mol. The summed E-state index contributed by atoms with van der Waals surface area (Å²) in [6.45, 7) is 0. The highest BCUT2D eigenvalue weighted by atomic mass is 16.1. The van der Waals surface area contributed by atoms with Crippen molar-refractivity contribution in [1.29, 1.82) is 0 Å². The minimum atomic E-state index is -0.436. The van der Waals surface area contributed by atoms with Crippen molar-refractivity contribution < 1.29 is 0 Å². The highest BCUT2D eigenvalue weighted by molar-refractivity contribution is 5.81. The summed E-state index contributed by atoms with van der Waals surface area (Å²) in [6.07, 6.45) is 4.78. The van der Waals surface area contributed by atoms with Crippen molar-refractivity contribution in [1.82, 2.24) is 15.0 Å². The van der Waals surface area contributed by atoms with Crippen LogP contribution in [0.25, 0.3) is 10.4 Å². The lowest BCUT2D eigenvalue weighted by Crippen LogP contribution is -2.03. The lowest BCUT2D eigenvalue weighted by atomic mass is 10.3. The van der Waals surface area contributed by atoms with Crippen molar-refractivity contribution in [3.8, 4) is 0 Å². The van der Waals surface area contributed by atoms with Crippen molar-refractivity contribution in [3.63, 3.8) is 0 Å². The van der Waals surface area contributed by atoms with Crippen LogP contribution < -0.4 is 5.56 Å². The van der Waals surface area contributed by atoms with Crippen LogP contribution in [0.4, 0.5) is 11.8 Å². The van der Waals surface area contributed by atoms with Crippen LogP contribution in [0.15, 0.2) is 45.5 Å². The van der Waals surface area contributed by atoms with Gasteiger partial charge in [0.1, 0.15) is 0 Å². The molecule has 0 saturated heterocycles. The molecule has 2 rings (SSSR count). The first-order chi connectivity index (χ1) is 8.78. The fourth-order valence-corrected chi connectivity index (χ4v) is 1.18. The minimum absolute atomic E-state index is 0.119. The molecular weight excluding hydrogens is 234 g/mol. The third kappa shape index (κ3) is 3.00. The Morgan fingerprint density at radius 1 is 1.39 bits per heavy atom. The van der Waals surface area contributed by atoms with E-state index in [1.807, 2.05) is 0 Å². The number of aromatic amines is 1. The summed E-state index contributed by atoms with van der Waals surface area (Å²) in [6, 6.07) is 4.71. The second-order valence-electron chi connectivity index (χ2n) is 3.16. The van der Waals surface area contributed by atoms with Gasteiger partial charge in [0.2, 0.25) is 0 Å². The predicted molar refractivity (Wildman–Crippen MR) is 65.2 cm³/mol. The Hall–Kier alpha value is -2.99. The highest BCUT2D eigenvalue weighted by Gasteiger charge is 1.97. The van der Waals surface area contributed by atoms with Gasteiger partial charge in [-0.1, -0.05) is 0 Å². The van der Waals surface area contributed by atoms with Gasteiger partial charge in [0.15, 0.2) is 11.8 Å². The van der Waals surface area contributed by atoms with Crippen molar-refractivity contribution >= 4 is 18.0 Å².